The monoisotopic (exact) mass is 317 g/mol. The van der Waals surface area contributed by atoms with E-state index in [-0.39, 0.29) is 12.0 Å². The number of benzene rings is 1. The number of thiazole rings is 1. The number of hydrogen-bond acceptors (Lipinski definition) is 5. The summed E-state index contributed by atoms with van der Waals surface area (Å²) in [4.78, 5) is 16.6. The van der Waals surface area contributed by atoms with Crippen LogP contribution >= 0.6 is 11.3 Å². The largest absolute Gasteiger partial charge is 0.364 e. The minimum Gasteiger partial charge on any atom is -0.364 e. The number of carbonyl (C=O) groups excluding carboxylic acids is 1. The molecule has 0 unspecified atom stereocenters. The van der Waals surface area contributed by atoms with Crippen molar-refractivity contribution in [2.45, 2.75) is 32.0 Å². The molecule has 3 rings (SSSR count). The molecule has 0 bridgehead atoms. The molecule has 3 N–H and O–H groups in total. The van der Waals surface area contributed by atoms with Crippen LogP contribution in [0.5, 0.6) is 0 Å². The van der Waals surface area contributed by atoms with Crippen LogP contribution in [-0.4, -0.2) is 29.6 Å². The molecular formula is C16H19N3O2S. The number of rotatable bonds is 4. The van der Waals surface area contributed by atoms with Gasteiger partial charge in [0.05, 0.1) is 11.8 Å². The summed E-state index contributed by atoms with van der Waals surface area (Å²) in [6.07, 6.45) is 1.13. The Morgan fingerprint density at radius 1 is 1.41 bits per heavy atom. The van der Waals surface area contributed by atoms with Crippen LogP contribution in [0.3, 0.4) is 0 Å². The Bertz CT molecular complexity index is 654. The van der Waals surface area contributed by atoms with Crippen molar-refractivity contribution in [3.63, 3.8) is 0 Å². The molecule has 1 aliphatic heterocycles. The molecule has 2 heterocycles. The summed E-state index contributed by atoms with van der Waals surface area (Å²) in [6.45, 7) is 2.51. The number of nitrogens with two attached hydrogens (primary N) is 1. The highest BCUT2D eigenvalue weighted by Crippen LogP contribution is 2.26. The third-order valence-corrected chi connectivity index (χ3v) is 4.50. The van der Waals surface area contributed by atoms with Crippen LogP contribution in [0.15, 0.2) is 29.6 Å². The molecule has 6 heteroatoms. The van der Waals surface area contributed by atoms with E-state index in [4.69, 9.17) is 10.5 Å². The fraction of sp³-hybridized carbons (Fsp3) is 0.375. The molecule has 1 aromatic carbocycles. The van der Waals surface area contributed by atoms with Gasteiger partial charge in [0.1, 0.15) is 6.10 Å². The SMILES string of the molecule is Cc1ccc(-c2csc(NC(=O)[C@@H]3CC[C@H](CN)O3)n2)cc1. The van der Waals surface area contributed by atoms with E-state index in [0.29, 0.717) is 18.1 Å². The topological polar surface area (TPSA) is 77.2 Å². The minimum absolute atomic E-state index is 0.00448. The molecular weight excluding hydrogens is 298 g/mol. The first-order valence-electron chi connectivity index (χ1n) is 7.34. The lowest BCUT2D eigenvalue weighted by Gasteiger charge is -2.11. The maximum Gasteiger partial charge on any atom is 0.255 e. The molecule has 0 aliphatic carbocycles. The number of nitrogens with zero attached hydrogens (tertiary/aromatic N) is 1. The fourth-order valence-electron chi connectivity index (χ4n) is 2.45. The highest BCUT2D eigenvalue weighted by atomic mass is 32.1. The number of ether oxygens (including phenoxy) is 1. The Balaban J connectivity index is 1.64. The highest BCUT2D eigenvalue weighted by molar-refractivity contribution is 7.14. The second-order valence-corrected chi connectivity index (χ2v) is 6.31. The van der Waals surface area contributed by atoms with Crippen molar-refractivity contribution in [3.05, 3.63) is 35.2 Å². The molecule has 2 atom stereocenters. The van der Waals surface area contributed by atoms with E-state index in [9.17, 15) is 4.79 Å². The molecule has 2 aromatic rings. The summed E-state index contributed by atoms with van der Waals surface area (Å²) in [6, 6.07) is 8.16. The summed E-state index contributed by atoms with van der Waals surface area (Å²) >= 11 is 1.42. The van der Waals surface area contributed by atoms with Gasteiger partial charge in [0.2, 0.25) is 0 Å². The number of hydrogen-bond donors (Lipinski definition) is 2. The van der Waals surface area contributed by atoms with Gasteiger partial charge in [-0.05, 0) is 19.8 Å². The van der Waals surface area contributed by atoms with E-state index in [1.807, 2.05) is 36.6 Å². The van der Waals surface area contributed by atoms with Crippen molar-refractivity contribution in [2.24, 2.45) is 5.73 Å². The van der Waals surface area contributed by atoms with Gasteiger partial charge in [-0.25, -0.2) is 4.98 Å². The van der Waals surface area contributed by atoms with E-state index in [1.165, 1.54) is 16.9 Å². The second-order valence-electron chi connectivity index (χ2n) is 5.45. The molecule has 0 spiro atoms. The Kier molecular flexibility index (Phi) is 4.52. The Labute approximate surface area is 133 Å². The minimum atomic E-state index is -0.416. The van der Waals surface area contributed by atoms with E-state index >= 15 is 0 Å². The quantitative estimate of drug-likeness (QED) is 0.908. The van der Waals surface area contributed by atoms with Crippen LogP contribution in [0.2, 0.25) is 0 Å². The fourth-order valence-corrected chi connectivity index (χ4v) is 3.17. The van der Waals surface area contributed by atoms with Crippen molar-refractivity contribution >= 4 is 22.4 Å². The molecule has 1 saturated heterocycles. The molecule has 1 fully saturated rings. The van der Waals surface area contributed by atoms with E-state index in [1.54, 1.807) is 0 Å². The first-order chi connectivity index (χ1) is 10.7. The Hall–Kier alpha value is -1.76. The molecule has 5 nitrogen and oxygen atoms in total. The standard InChI is InChI=1S/C16H19N3O2S/c1-10-2-4-11(5-3-10)13-9-22-16(18-13)19-15(20)14-7-6-12(8-17)21-14/h2-5,9,12,14H,6-8,17H2,1H3,(H,18,19,20)/t12-,14+/m1/s1. The average Bonchev–Trinajstić information content (AvgIpc) is 3.17. The molecule has 0 saturated carbocycles. The predicted octanol–water partition coefficient (Wildman–Crippen LogP) is 2.56. The zero-order chi connectivity index (χ0) is 15.5. The lowest BCUT2D eigenvalue weighted by molar-refractivity contribution is -0.126. The molecule has 1 aliphatic rings. The summed E-state index contributed by atoms with van der Waals surface area (Å²) < 4.78 is 5.59. The number of nitrogens with one attached hydrogen (secondary N) is 1. The first kappa shape index (κ1) is 15.1. The normalized spacial score (nSPS) is 21.0. The van der Waals surface area contributed by atoms with Crippen molar-refractivity contribution in [3.8, 4) is 11.3 Å². The molecule has 22 heavy (non-hydrogen) atoms. The second kappa shape index (κ2) is 6.56. The number of carbonyl (C=O) groups is 1. The van der Waals surface area contributed by atoms with Gasteiger partial charge < -0.3 is 10.5 Å². The summed E-state index contributed by atoms with van der Waals surface area (Å²) in [5.74, 6) is -0.138. The third-order valence-electron chi connectivity index (χ3n) is 3.74. The highest BCUT2D eigenvalue weighted by Gasteiger charge is 2.30. The van der Waals surface area contributed by atoms with Crippen molar-refractivity contribution in [1.29, 1.82) is 0 Å². The third kappa shape index (κ3) is 3.35. The van der Waals surface area contributed by atoms with Gasteiger partial charge in [0.15, 0.2) is 5.13 Å². The summed E-state index contributed by atoms with van der Waals surface area (Å²) in [5.41, 5.74) is 8.68. The molecule has 0 radical (unpaired) electrons. The van der Waals surface area contributed by atoms with Gasteiger partial charge in [-0.1, -0.05) is 29.8 Å². The van der Waals surface area contributed by atoms with Crippen LogP contribution in [0.25, 0.3) is 11.3 Å². The van der Waals surface area contributed by atoms with Gasteiger partial charge in [-0.3, -0.25) is 10.1 Å². The van der Waals surface area contributed by atoms with Crippen molar-refractivity contribution in [2.75, 3.05) is 11.9 Å². The maximum atomic E-state index is 12.2. The average molecular weight is 317 g/mol. The lowest BCUT2D eigenvalue weighted by atomic mass is 10.1. The van der Waals surface area contributed by atoms with E-state index < -0.39 is 6.10 Å². The van der Waals surface area contributed by atoms with Gasteiger partial charge in [-0.15, -0.1) is 11.3 Å². The zero-order valence-corrected chi connectivity index (χ0v) is 13.2. The number of aromatic nitrogens is 1. The number of amides is 1. The molecule has 1 aromatic heterocycles. The molecule has 1 amide bonds. The first-order valence-corrected chi connectivity index (χ1v) is 8.22. The molecule has 116 valence electrons. The zero-order valence-electron chi connectivity index (χ0n) is 12.4. The summed E-state index contributed by atoms with van der Waals surface area (Å²) in [5, 5.41) is 5.37. The van der Waals surface area contributed by atoms with Crippen LogP contribution in [0.1, 0.15) is 18.4 Å². The van der Waals surface area contributed by atoms with Crippen molar-refractivity contribution < 1.29 is 9.53 Å². The van der Waals surface area contributed by atoms with Gasteiger partial charge >= 0.3 is 0 Å². The van der Waals surface area contributed by atoms with E-state index in [0.717, 1.165) is 17.7 Å². The van der Waals surface area contributed by atoms with Gasteiger partial charge in [-0.2, -0.15) is 0 Å². The number of aryl methyl sites for hydroxylation is 1. The predicted molar refractivity (Wildman–Crippen MR) is 87.9 cm³/mol. The summed E-state index contributed by atoms with van der Waals surface area (Å²) in [7, 11) is 0. The van der Waals surface area contributed by atoms with Gasteiger partial charge in [0.25, 0.3) is 5.91 Å². The van der Waals surface area contributed by atoms with Crippen LogP contribution in [0, 0.1) is 6.92 Å². The van der Waals surface area contributed by atoms with E-state index in [2.05, 4.69) is 10.3 Å². The lowest BCUT2D eigenvalue weighted by Crippen LogP contribution is -2.29. The number of anilines is 1. The van der Waals surface area contributed by atoms with Crippen LogP contribution in [0.4, 0.5) is 5.13 Å². The Morgan fingerprint density at radius 3 is 2.86 bits per heavy atom. The van der Waals surface area contributed by atoms with Crippen LogP contribution < -0.4 is 11.1 Å². The Morgan fingerprint density at radius 2 is 2.18 bits per heavy atom. The van der Waals surface area contributed by atoms with Crippen molar-refractivity contribution in [1.82, 2.24) is 4.98 Å². The maximum absolute atomic E-state index is 12.2. The van der Waals surface area contributed by atoms with Gasteiger partial charge in [0, 0.05) is 17.5 Å². The smallest absolute Gasteiger partial charge is 0.255 e. The van der Waals surface area contributed by atoms with Crippen LogP contribution in [-0.2, 0) is 9.53 Å².